The van der Waals surface area contributed by atoms with Crippen LogP contribution in [0.1, 0.15) is 26.3 Å². The number of hydrogen-bond acceptors (Lipinski definition) is 3. The van der Waals surface area contributed by atoms with Crippen molar-refractivity contribution in [3.63, 3.8) is 0 Å². The molecule has 154 valence electrons. The standard InChI is InChI=1S/C23H23FN4O2/c1-23(2,3)26-20(29)14-28-22(30)21-18(12-25-28)17-6-4-5-7-19(17)27(21)13-15-8-10-16(24)11-9-15/h4-12H,13-14H2,1-3H3,(H,26,29). The van der Waals surface area contributed by atoms with Gasteiger partial charge in [0.25, 0.3) is 5.56 Å². The first-order chi connectivity index (χ1) is 14.2. The Bertz CT molecular complexity index is 1300. The van der Waals surface area contributed by atoms with E-state index < -0.39 is 5.54 Å². The fourth-order valence-electron chi connectivity index (χ4n) is 3.64. The number of rotatable bonds is 4. The zero-order valence-electron chi connectivity index (χ0n) is 17.1. The topological polar surface area (TPSA) is 68.9 Å². The molecule has 0 fully saturated rings. The number of aromatic nitrogens is 3. The number of carbonyl (C=O) groups is 1. The normalized spacial score (nSPS) is 11.9. The fraction of sp³-hybridized carbons (Fsp3) is 0.261. The van der Waals surface area contributed by atoms with Crippen LogP contribution in [0.4, 0.5) is 4.39 Å². The van der Waals surface area contributed by atoms with Crippen LogP contribution in [0.2, 0.25) is 0 Å². The third-order valence-electron chi connectivity index (χ3n) is 4.84. The van der Waals surface area contributed by atoms with E-state index in [1.807, 2.05) is 49.6 Å². The van der Waals surface area contributed by atoms with Crippen molar-refractivity contribution < 1.29 is 9.18 Å². The van der Waals surface area contributed by atoms with Crippen LogP contribution < -0.4 is 10.9 Å². The highest BCUT2D eigenvalue weighted by atomic mass is 19.1. The molecule has 0 aliphatic heterocycles. The van der Waals surface area contributed by atoms with E-state index in [1.54, 1.807) is 18.3 Å². The van der Waals surface area contributed by atoms with E-state index in [0.29, 0.717) is 12.1 Å². The number of para-hydroxylation sites is 1. The molecule has 0 bridgehead atoms. The van der Waals surface area contributed by atoms with E-state index in [9.17, 15) is 14.0 Å². The lowest BCUT2D eigenvalue weighted by molar-refractivity contribution is -0.123. The average molecular weight is 406 g/mol. The molecular weight excluding hydrogens is 383 g/mol. The Balaban J connectivity index is 1.85. The molecule has 30 heavy (non-hydrogen) atoms. The Labute approximate surface area is 172 Å². The molecule has 2 heterocycles. The Morgan fingerprint density at radius 3 is 2.47 bits per heavy atom. The summed E-state index contributed by atoms with van der Waals surface area (Å²) in [7, 11) is 0. The van der Waals surface area contributed by atoms with Crippen LogP contribution in [0, 0.1) is 5.82 Å². The minimum Gasteiger partial charge on any atom is -0.350 e. The van der Waals surface area contributed by atoms with Gasteiger partial charge in [-0.15, -0.1) is 0 Å². The predicted molar refractivity (Wildman–Crippen MR) is 115 cm³/mol. The number of nitrogens with one attached hydrogen (secondary N) is 1. The van der Waals surface area contributed by atoms with E-state index in [4.69, 9.17) is 0 Å². The van der Waals surface area contributed by atoms with Gasteiger partial charge in [0.2, 0.25) is 5.91 Å². The van der Waals surface area contributed by atoms with Crippen LogP contribution in [0.3, 0.4) is 0 Å². The van der Waals surface area contributed by atoms with Gasteiger partial charge in [-0.25, -0.2) is 9.07 Å². The minimum absolute atomic E-state index is 0.163. The first-order valence-corrected chi connectivity index (χ1v) is 9.75. The number of halogens is 1. The van der Waals surface area contributed by atoms with Crippen molar-refractivity contribution in [3.05, 3.63) is 76.5 Å². The summed E-state index contributed by atoms with van der Waals surface area (Å²) in [5.74, 6) is -0.588. The zero-order valence-corrected chi connectivity index (χ0v) is 17.1. The lowest BCUT2D eigenvalue weighted by Gasteiger charge is -2.20. The van der Waals surface area contributed by atoms with Crippen LogP contribution in [-0.4, -0.2) is 25.8 Å². The van der Waals surface area contributed by atoms with Crippen molar-refractivity contribution >= 4 is 27.7 Å². The van der Waals surface area contributed by atoms with Gasteiger partial charge in [-0.2, -0.15) is 5.10 Å². The number of carbonyl (C=O) groups excluding carboxylic acids is 1. The molecule has 7 heteroatoms. The Morgan fingerprint density at radius 1 is 1.07 bits per heavy atom. The van der Waals surface area contributed by atoms with Crippen LogP contribution in [0.5, 0.6) is 0 Å². The lowest BCUT2D eigenvalue weighted by Crippen LogP contribution is -2.44. The van der Waals surface area contributed by atoms with E-state index >= 15 is 0 Å². The smallest absolute Gasteiger partial charge is 0.291 e. The second-order valence-electron chi connectivity index (χ2n) is 8.40. The molecular formula is C23H23FN4O2. The molecule has 4 aromatic rings. The summed E-state index contributed by atoms with van der Waals surface area (Å²) in [4.78, 5) is 25.6. The Hall–Kier alpha value is -3.48. The van der Waals surface area contributed by atoms with Gasteiger partial charge in [-0.1, -0.05) is 30.3 Å². The second-order valence-corrected chi connectivity index (χ2v) is 8.40. The summed E-state index contributed by atoms with van der Waals surface area (Å²) in [6, 6.07) is 13.9. The van der Waals surface area contributed by atoms with Crippen molar-refractivity contribution in [2.24, 2.45) is 0 Å². The average Bonchev–Trinajstić information content (AvgIpc) is 2.99. The van der Waals surface area contributed by atoms with Gasteiger partial charge in [0, 0.05) is 28.4 Å². The van der Waals surface area contributed by atoms with Crippen molar-refractivity contribution in [3.8, 4) is 0 Å². The minimum atomic E-state index is -0.401. The van der Waals surface area contributed by atoms with Crippen LogP contribution in [-0.2, 0) is 17.9 Å². The molecule has 0 atom stereocenters. The summed E-state index contributed by atoms with van der Waals surface area (Å²) < 4.78 is 16.4. The molecule has 4 rings (SSSR count). The van der Waals surface area contributed by atoms with E-state index in [0.717, 1.165) is 21.9 Å². The van der Waals surface area contributed by atoms with Crippen molar-refractivity contribution in [1.29, 1.82) is 0 Å². The van der Waals surface area contributed by atoms with Gasteiger partial charge in [0.15, 0.2) is 0 Å². The SMILES string of the molecule is CC(C)(C)NC(=O)Cn1ncc2c3ccccc3n(Cc3ccc(F)cc3)c2c1=O. The molecule has 2 aromatic heterocycles. The first kappa shape index (κ1) is 19.8. The summed E-state index contributed by atoms with van der Waals surface area (Å²) in [6.07, 6.45) is 1.63. The third kappa shape index (κ3) is 3.83. The molecule has 1 N–H and O–H groups in total. The number of amides is 1. The number of fused-ring (bicyclic) bond motifs is 3. The molecule has 0 saturated carbocycles. The maximum atomic E-state index is 13.3. The molecule has 2 aromatic carbocycles. The number of nitrogens with zero attached hydrogens (tertiary/aromatic N) is 3. The third-order valence-corrected chi connectivity index (χ3v) is 4.84. The van der Waals surface area contributed by atoms with Gasteiger partial charge in [-0.05, 0) is 44.5 Å². The highest BCUT2D eigenvalue weighted by Gasteiger charge is 2.19. The molecule has 0 saturated heterocycles. The van der Waals surface area contributed by atoms with E-state index in [1.165, 1.54) is 16.8 Å². The lowest BCUT2D eigenvalue weighted by atomic mass is 10.1. The van der Waals surface area contributed by atoms with Gasteiger partial charge in [0.05, 0.1) is 6.20 Å². The van der Waals surface area contributed by atoms with E-state index in [2.05, 4.69) is 10.4 Å². The number of benzene rings is 2. The van der Waals surface area contributed by atoms with Crippen molar-refractivity contribution in [1.82, 2.24) is 19.7 Å². The second kappa shape index (κ2) is 7.40. The summed E-state index contributed by atoms with van der Waals surface area (Å²) in [5.41, 5.74) is 1.48. The Morgan fingerprint density at radius 2 is 1.77 bits per heavy atom. The van der Waals surface area contributed by atoms with Crippen LogP contribution in [0.15, 0.2) is 59.5 Å². The fourth-order valence-corrected chi connectivity index (χ4v) is 3.64. The molecule has 0 spiro atoms. The zero-order chi connectivity index (χ0) is 21.5. The van der Waals surface area contributed by atoms with Gasteiger partial charge >= 0.3 is 0 Å². The molecule has 0 aliphatic carbocycles. The van der Waals surface area contributed by atoms with Crippen molar-refractivity contribution in [2.75, 3.05) is 0 Å². The first-order valence-electron chi connectivity index (χ1n) is 9.75. The molecule has 0 unspecified atom stereocenters. The van der Waals surface area contributed by atoms with Crippen molar-refractivity contribution in [2.45, 2.75) is 39.4 Å². The predicted octanol–water partition coefficient (Wildman–Crippen LogP) is 3.45. The number of hydrogen-bond donors (Lipinski definition) is 1. The van der Waals surface area contributed by atoms with Crippen LogP contribution in [0.25, 0.3) is 21.8 Å². The summed E-state index contributed by atoms with van der Waals surface area (Å²) in [5, 5.41) is 8.72. The van der Waals surface area contributed by atoms with Crippen LogP contribution >= 0.6 is 0 Å². The van der Waals surface area contributed by atoms with Gasteiger partial charge in [0.1, 0.15) is 17.9 Å². The largest absolute Gasteiger partial charge is 0.350 e. The molecule has 0 radical (unpaired) electrons. The van der Waals surface area contributed by atoms with E-state index in [-0.39, 0.29) is 23.8 Å². The molecule has 1 amide bonds. The highest BCUT2D eigenvalue weighted by molar-refractivity contribution is 6.07. The maximum absolute atomic E-state index is 13.3. The highest BCUT2D eigenvalue weighted by Crippen LogP contribution is 2.27. The van der Waals surface area contributed by atoms with Gasteiger partial charge in [-0.3, -0.25) is 9.59 Å². The monoisotopic (exact) mass is 406 g/mol. The summed E-state index contributed by atoms with van der Waals surface area (Å²) >= 11 is 0. The Kier molecular flexibility index (Phi) is 4.89. The molecule has 0 aliphatic rings. The van der Waals surface area contributed by atoms with Gasteiger partial charge < -0.3 is 9.88 Å². The quantitative estimate of drug-likeness (QED) is 0.564. The molecule has 6 nitrogen and oxygen atoms in total. The summed E-state index contributed by atoms with van der Waals surface area (Å²) in [6.45, 7) is 5.88. The maximum Gasteiger partial charge on any atom is 0.291 e.